The van der Waals surface area contributed by atoms with Crippen LogP contribution in [0.1, 0.15) is 64.4 Å². The van der Waals surface area contributed by atoms with Crippen LogP contribution in [0.15, 0.2) is 18.2 Å². The van der Waals surface area contributed by atoms with Crippen molar-refractivity contribution in [3.8, 4) is 11.5 Å². The fourth-order valence-electron chi connectivity index (χ4n) is 5.28. The van der Waals surface area contributed by atoms with Gasteiger partial charge < -0.3 is 29.9 Å². The molecular formula is C27H42N4O5. The summed E-state index contributed by atoms with van der Waals surface area (Å²) in [7, 11) is 4.77. The molecule has 1 saturated heterocycles. The van der Waals surface area contributed by atoms with E-state index in [9.17, 15) is 14.4 Å². The number of piperazine rings is 1. The van der Waals surface area contributed by atoms with E-state index in [1.54, 1.807) is 37.1 Å². The number of benzene rings is 1. The highest BCUT2D eigenvalue weighted by Crippen LogP contribution is 2.29. The zero-order chi connectivity index (χ0) is 26.2. The van der Waals surface area contributed by atoms with Gasteiger partial charge in [-0.2, -0.15) is 0 Å². The van der Waals surface area contributed by atoms with E-state index in [-0.39, 0.29) is 42.8 Å². The van der Waals surface area contributed by atoms with Crippen LogP contribution in [0.25, 0.3) is 0 Å². The lowest BCUT2D eigenvalue weighted by Gasteiger charge is -2.47. The number of nitrogens with zero attached hydrogens (tertiary/aromatic N) is 2. The summed E-state index contributed by atoms with van der Waals surface area (Å²) in [6, 6.07) is 4.36. The number of hydrogen-bond acceptors (Lipinski definition) is 5. The summed E-state index contributed by atoms with van der Waals surface area (Å²) < 4.78 is 10.8. The lowest BCUT2D eigenvalue weighted by atomic mass is 9.93. The minimum absolute atomic E-state index is 0.0996. The third-order valence-electron chi connectivity index (χ3n) is 7.10. The molecule has 0 bridgehead atoms. The van der Waals surface area contributed by atoms with Crippen LogP contribution >= 0.6 is 0 Å². The quantitative estimate of drug-likeness (QED) is 0.540. The number of ether oxygens (including phenoxy) is 2. The molecule has 2 fully saturated rings. The fourth-order valence-corrected chi connectivity index (χ4v) is 5.28. The molecule has 200 valence electrons. The molecule has 0 radical (unpaired) electrons. The summed E-state index contributed by atoms with van der Waals surface area (Å²) in [5, 5.41) is 5.86. The number of amides is 4. The highest BCUT2D eigenvalue weighted by molar-refractivity contribution is 5.89. The average Bonchev–Trinajstić information content (AvgIpc) is 2.86. The number of urea groups is 1. The van der Waals surface area contributed by atoms with Gasteiger partial charge in [0.15, 0.2) is 0 Å². The average molecular weight is 503 g/mol. The Morgan fingerprint density at radius 1 is 1.06 bits per heavy atom. The standard InChI is InChI=1S/C27H42N4O5/c1-18(2)11-24-26(33)30(16-19-12-22(35-4)15-23(13-19)36-5)17-21(14-25(32)28-3)31(24)27(34)29-20-9-7-6-8-10-20/h12-13,15,18,20-21,24H,6-11,14,16-17H2,1-5H3,(H,28,32)(H,29,34)/t21-,24-/m1/s1. The third kappa shape index (κ3) is 7.04. The van der Waals surface area contributed by atoms with E-state index in [1.807, 2.05) is 26.0 Å². The van der Waals surface area contributed by atoms with Crippen molar-refractivity contribution in [2.45, 2.75) is 83.5 Å². The largest absolute Gasteiger partial charge is 0.497 e. The first kappa shape index (κ1) is 27.6. The van der Waals surface area contributed by atoms with Gasteiger partial charge in [0.05, 0.1) is 20.3 Å². The predicted molar refractivity (Wildman–Crippen MR) is 138 cm³/mol. The Kier molecular flexibility index (Phi) is 9.84. The molecule has 1 aliphatic carbocycles. The van der Waals surface area contributed by atoms with Gasteiger partial charge in [0.25, 0.3) is 0 Å². The van der Waals surface area contributed by atoms with Gasteiger partial charge in [-0.3, -0.25) is 9.59 Å². The summed E-state index contributed by atoms with van der Waals surface area (Å²) in [4.78, 5) is 43.3. The lowest BCUT2D eigenvalue weighted by Crippen LogP contribution is -2.66. The Morgan fingerprint density at radius 2 is 1.69 bits per heavy atom. The number of carbonyl (C=O) groups is 3. The maximum Gasteiger partial charge on any atom is 0.318 e. The predicted octanol–water partition coefficient (Wildman–Crippen LogP) is 3.31. The van der Waals surface area contributed by atoms with Gasteiger partial charge in [0, 0.05) is 38.7 Å². The smallest absolute Gasteiger partial charge is 0.318 e. The Hall–Kier alpha value is -2.97. The third-order valence-corrected chi connectivity index (χ3v) is 7.10. The monoisotopic (exact) mass is 502 g/mol. The van der Waals surface area contributed by atoms with Crippen LogP contribution in [0.3, 0.4) is 0 Å². The second-order valence-corrected chi connectivity index (χ2v) is 10.3. The van der Waals surface area contributed by atoms with Gasteiger partial charge >= 0.3 is 6.03 Å². The molecule has 1 saturated carbocycles. The molecule has 1 aromatic carbocycles. The number of hydrogen-bond donors (Lipinski definition) is 2. The van der Waals surface area contributed by atoms with Crippen molar-refractivity contribution in [2.75, 3.05) is 27.8 Å². The van der Waals surface area contributed by atoms with Crippen molar-refractivity contribution in [3.05, 3.63) is 23.8 Å². The molecule has 2 atom stereocenters. The Labute approximate surface area is 214 Å². The maximum absolute atomic E-state index is 13.8. The van der Waals surface area contributed by atoms with E-state index in [4.69, 9.17) is 9.47 Å². The van der Waals surface area contributed by atoms with Crippen LogP contribution in [0.2, 0.25) is 0 Å². The summed E-state index contributed by atoms with van der Waals surface area (Å²) in [6.45, 7) is 4.70. The number of methoxy groups -OCH3 is 2. The van der Waals surface area contributed by atoms with E-state index >= 15 is 0 Å². The molecule has 4 amide bonds. The summed E-state index contributed by atoms with van der Waals surface area (Å²) in [5.74, 6) is 1.22. The van der Waals surface area contributed by atoms with Crippen LogP contribution < -0.4 is 20.1 Å². The van der Waals surface area contributed by atoms with E-state index in [0.29, 0.717) is 24.5 Å². The molecule has 0 aromatic heterocycles. The molecule has 36 heavy (non-hydrogen) atoms. The molecule has 2 N–H and O–H groups in total. The first-order chi connectivity index (χ1) is 17.2. The topological polar surface area (TPSA) is 100 Å². The molecule has 2 aliphatic rings. The van der Waals surface area contributed by atoms with E-state index in [0.717, 1.165) is 31.2 Å². The molecule has 1 aliphatic heterocycles. The zero-order valence-corrected chi connectivity index (χ0v) is 22.3. The highest BCUT2D eigenvalue weighted by atomic mass is 16.5. The second kappa shape index (κ2) is 12.8. The van der Waals surface area contributed by atoms with Crippen LogP contribution in [0.5, 0.6) is 11.5 Å². The van der Waals surface area contributed by atoms with Crippen LogP contribution in [0.4, 0.5) is 4.79 Å². The van der Waals surface area contributed by atoms with Crippen LogP contribution in [-0.2, 0) is 16.1 Å². The molecule has 3 rings (SSSR count). The van der Waals surface area contributed by atoms with Crippen molar-refractivity contribution in [2.24, 2.45) is 5.92 Å². The second-order valence-electron chi connectivity index (χ2n) is 10.3. The molecule has 0 unspecified atom stereocenters. The van der Waals surface area contributed by atoms with Gasteiger partial charge in [-0.15, -0.1) is 0 Å². The molecule has 1 aromatic rings. The van der Waals surface area contributed by atoms with E-state index < -0.39 is 12.1 Å². The van der Waals surface area contributed by atoms with Crippen molar-refractivity contribution in [1.29, 1.82) is 0 Å². The Balaban J connectivity index is 1.90. The summed E-state index contributed by atoms with van der Waals surface area (Å²) in [5.41, 5.74) is 0.863. The Bertz CT molecular complexity index is 893. The van der Waals surface area contributed by atoms with Gasteiger partial charge in [-0.05, 0) is 42.9 Å². The Morgan fingerprint density at radius 3 is 2.25 bits per heavy atom. The van der Waals surface area contributed by atoms with E-state index in [2.05, 4.69) is 10.6 Å². The first-order valence-corrected chi connectivity index (χ1v) is 13.1. The number of rotatable bonds is 9. The van der Waals surface area contributed by atoms with Crippen molar-refractivity contribution in [1.82, 2.24) is 20.4 Å². The highest BCUT2D eigenvalue weighted by Gasteiger charge is 2.44. The maximum atomic E-state index is 13.8. The zero-order valence-electron chi connectivity index (χ0n) is 22.3. The SMILES string of the molecule is CNC(=O)C[C@@H]1CN(Cc2cc(OC)cc(OC)c2)C(=O)[C@@H](CC(C)C)N1C(=O)NC1CCCCC1. The van der Waals surface area contributed by atoms with Crippen molar-refractivity contribution < 1.29 is 23.9 Å². The van der Waals surface area contributed by atoms with Crippen LogP contribution in [-0.4, -0.2) is 73.6 Å². The van der Waals surface area contributed by atoms with Crippen LogP contribution in [0, 0.1) is 5.92 Å². The minimum Gasteiger partial charge on any atom is -0.497 e. The normalized spacial score (nSPS) is 20.9. The molecule has 9 heteroatoms. The van der Waals surface area contributed by atoms with Gasteiger partial charge in [0.2, 0.25) is 11.8 Å². The molecular weight excluding hydrogens is 460 g/mol. The van der Waals surface area contributed by atoms with E-state index in [1.165, 1.54) is 6.42 Å². The van der Waals surface area contributed by atoms with Gasteiger partial charge in [-0.1, -0.05) is 33.1 Å². The number of carbonyl (C=O) groups excluding carboxylic acids is 3. The molecule has 0 spiro atoms. The molecule has 1 heterocycles. The van der Waals surface area contributed by atoms with Crippen molar-refractivity contribution in [3.63, 3.8) is 0 Å². The van der Waals surface area contributed by atoms with Crippen molar-refractivity contribution >= 4 is 17.8 Å². The minimum atomic E-state index is -0.635. The fraction of sp³-hybridized carbons (Fsp3) is 0.667. The summed E-state index contributed by atoms with van der Waals surface area (Å²) in [6.07, 6.45) is 5.94. The summed E-state index contributed by atoms with van der Waals surface area (Å²) >= 11 is 0. The van der Waals surface area contributed by atoms with Gasteiger partial charge in [0.1, 0.15) is 17.5 Å². The molecule has 9 nitrogen and oxygen atoms in total. The first-order valence-electron chi connectivity index (χ1n) is 13.1. The number of nitrogens with one attached hydrogen (secondary N) is 2. The van der Waals surface area contributed by atoms with Gasteiger partial charge in [-0.25, -0.2) is 4.79 Å². The lowest BCUT2D eigenvalue weighted by molar-refractivity contribution is -0.145.